The van der Waals surface area contributed by atoms with Crippen LogP contribution in [-0.4, -0.2) is 0 Å². The minimum Gasteiger partial charge on any atom is -0.357 e. The van der Waals surface area contributed by atoms with Gasteiger partial charge in [0.25, 0.3) is 0 Å². The van der Waals surface area contributed by atoms with Crippen molar-refractivity contribution in [3.63, 3.8) is 0 Å². The van der Waals surface area contributed by atoms with E-state index >= 15 is 0 Å². The molecule has 0 saturated heterocycles. The van der Waals surface area contributed by atoms with Gasteiger partial charge in [0.05, 0.1) is 0 Å². The van der Waals surface area contributed by atoms with E-state index in [1.165, 1.54) is 12.8 Å². The van der Waals surface area contributed by atoms with E-state index in [9.17, 15) is 0 Å². The van der Waals surface area contributed by atoms with E-state index in [4.69, 9.17) is 0 Å². The molecule has 2 atom stereocenters. The predicted molar refractivity (Wildman–Crippen MR) is 47.5 cm³/mol. The Hall–Kier alpha value is 1.79. The van der Waals surface area contributed by atoms with Crippen molar-refractivity contribution in [1.82, 2.24) is 0 Å². The second kappa shape index (κ2) is 12.8. The average molecular weight is 413 g/mol. The van der Waals surface area contributed by atoms with E-state index < -0.39 is 0 Å². The fourth-order valence-electron chi connectivity index (χ4n) is 1.12. The number of rotatable bonds is 0. The third kappa shape index (κ3) is 8.39. The zero-order valence-electron chi connectivity index (χ0n) is 8.71. The smallest absolute Gasteiger partial charge is 0 e. The van der Waals surface area contributed by atoms with Gasteiger partial charge in [-0.15, -0.1) is 0 Å². The summed E-state index contributed by atoms with van der Waals surface area (Å²) in [7, 11) is 0. The van der Waals surface area contributed by atoms with Crippen molar-refractivity contribution in [3.05, 3.63) is 12.8 Å². The van der Waals surface area contributed by atoms with Crippen molar-refractivity contribution >= 4 is 0 Å². The van der Waals surface area contributed by atoms with Crippen LogP contribution in [0.15, 0.2) is 0 Å². The molecule has 0 spiro atoms. The molecule has 0 heterocycles. The minimum absolute atomic E-state index is 0. The van der Waals surface area contributed by atoms with Crippen molar-refractivity contribution in [1.29, 1.82) is 0 Å². The molecule has 0 aromatic carbocycles. The molecule has 0 nitrogen and oxygen atoms in total. The number of hydrogen-bond acceptors (Lipinski definition) is 0. The molecule has 1 aliphatic rings. The van der Waals surface area contributed by atoms with Gasteiger partial charge in [-0.1, -0.05) is 33.6 Å². The summed E-state index contributed by atoms with van der Waals surface area (Å²) in [6.45, 7) is 8.62. The second-order valence-electron chi connectivity index (χ2n) is 2.83. The first-order valence-corrected chi connectivity index (χ1v) is 4.45. The first kappa shape index (κ1) is 19.4. The number of hydrogen-bond donors (Lipinski definition) is 0. The summed E-state index contributed by atoms with van der Waals surface area (Å²) < 4.78 is 0. The summed E-state index contributed by atoms with van der Waals surface area (Å²) in [5.74, 6) is 1.74. The Morgan fingerprint density at radius 3 is 1.92 bits per heavy atom. The predicted octanol–water partition coefficient (Wildman–Crippen LogP) is 3.48. The Labute approximate surface area is 118 Å². The van der Waals surface area contributed by atoms with Crippen LogP contribution in [0.2, 0.25) is 0 Å². The van der Waals surface area contributed by atoms with Gasteiger partial charge in [0.2, 0.25) is 0 Å². The molecule has 2 unspecified atom stereocenters. The Balaban J connectivity index is -0.000000189. The van der Waals surface area contributed by atoms with Crippen molar-refractivity contribution in [3.8, 4) is 0 Å². The van der Waals surface area contributed by atoms with Gasteiger partial charge in [-0.05, 0) is 0 Å². The third-order valence-corrected chi connectivity index (χ3v) is 2.11. The van der Waals surface area contributed by atoms with E-state index in [1.807, 2.05) is 13.8 Å². The van der Waals surface area contributed by atoms with E-state index in [2.05, 4.69) is 26.7 Å². The van der Waals surface area contributed by atoms with Gasteiger partial charge in [0, 0.05) is 53.8 Å². The summed E-state index contributed by atoms with van der Waals surface area (Å²) in [5.41, 5.74) is 0. The summed E-state index contributed by atoms with van der Waals surface area (Å²) in [4.78, 5) is 0. The Kier molecular flexibility index (Phi) is 20.7. The molecule has 2 heteroatoms. The molecule has 1 radical (unpaired) electrons. The monoisotopic (exact) mass is 413 g/mol. The van der Waals surface area contributed by atoms with Crippen LogP contribution in [0.1, 0.15) is 40.5 Å². The van der Waals surface area contributed by atoms with Gasteiger partial charge >= 0.3 is 0 Å². The Morgan fingerprint density at radius 2 is 1.67 bits per heavy atom. The van der Waals surface area contributed by atoms with Crippen LogP contribution in [-0.2, 0) is 53.8 Å². The molecule has 1 rings (SSSR count). The largest absolute Gasteiger partial charge is 0.357 e. The molecule has 71 valence electrons. The molecule has 1 aliphatic carbocycles. The van der Waals surface area contributed by atoms with Gasteiger partial charge in [-0.2, -0.15) is 12.3 Å². The average Bonchev–Trinajstić information content (AvgIpc) is 2.00. The fourth-order valence-corrected chi connectivity index (χ4v) is 1.12. The molecule has 0 aliphatic heterocycles. The van der Waals surface area contributed by atoms with Crippen LogP contribution in [0.3, 0.4) is 0 Å². The maximum atomic E-state index is 2.40. The van der Waals surface area contributed by atoms with Crippen molar-refractivity contribution in [2.24, 2.45) is 11.8 Å². The molecular weight excluding hydrogens is 393 g/mol. The molecule has 0 N–H and O–H groups in total. The minimum atomic E-state index is 0. The van der Waals surface area contributed by atoms with Crippen LogP contribution in [0.25, 0.3) is 0 Å². The summed E-state index contributed by atoms with van der Waals surface area (Å²) in [5, 5.41) is 0. The molecule has 12 heavy (non-hydrogen) atoms. The first-order valence-electron chi connectivity index (χ1n) is 4.45. The zero-order valence-corrected chi connectivity index (χ0v) is 14.5. The molecular formula is C10H20WY-2. The SMILES string of the molecule is CC.CC1[CH-]C[CH-]CC1C.[W].[Y]. The molecule has 0 bridgehead atoms. The molecule has 1 fully saturated rings. The van der Waals surface area contributed by atoms with Crippen LogP contribution in [0, 0.1) is 24.7 Å². The van der Waals surface area contributed by atoms with Gasteiger partial charge in [-0.25, -0.2) is 0 Å². The van der Waals surface area contributed by atoms with Crippen molar-refractivity contribution < 1.29 is 53.8 Å². The van der Waals surface area contributed by atoms with Crippen LogP contribution in [0.5, 0.6) is 0 Å². The Bertz CT molecular complexity index is 66.2. The summed E-state index contributed by atoms with van der Waals surface area (Å²) in [6, 6.07) is 0. The van der Waals surface area contributed by atoms with E-state index in [-0.39, 0.29) is 53.8 Å². The van der Waals surface area contributed by atoms with E-state index in [0.29, 0.717) is 0 Å². The van der Waals surface area contributed by atoms with Gasteiger partial charge in [-0.3, -0.25) is 0 Å². The fraction of sp³-hybridized carbons (Fsp3) is 0.800. The van der Waals surface area contributed by atoms with Gasteiger partial charge in [0.1, 0.15) is 0 Å². The van der Waals surface area contributed by atoms with E-state index in [0.717, 1.165) is 11.8 Å². The summed E-state index contributed by atoms with van der Waals surface area (Å²) >= 11 is 0. The zero-order chi connectivity index (χ0) is 7.98. The second-order valence-corrected chi connectivity index (χ2v) is 2.83. The topological polar surface area (TPSA) is 0 Å². The molecule has 0 aromatic rings. The van der Waals surface area contributed by atoms with Crippen LogP contribution >= 0.6 is 0 Å². The molecule has 0 amide bonds. The van der Waals surface area contributed by atoms with E-state index in [1.54, 1.807) is 0 Å². The normalized spacial score (nSPS) is 27.0. The van der Waals surface area contributed by atoms with Crippen LogP contribution < -0.4 is 0 Å². The Morgan fingerprint density at radius 1 is 1.17 bits per heavy atom. The first-order chi connectivity index (χ1) is 4.80. The van der Waals surface area contributed by atoms with Crippen LogP contribution in [0.4, 0.5) is 0 Å². The quantitative estimate of drug-likeness (QED) is 0.534. The molecule has 0 aromatic heterocycles. The van der Waals surface area contributed by atoms with Crippen molar-refractivity contribution in [2.75, 3.05) is 0 Å². The standard InChI is InChI=1S/C8H14.C2H6.W.Y/c1-7-5-3-4-6-8(7)2;1-2;;/h3,6-8H,4-5H2,1-2H3;1-2H3;;/q-2;;;. The molecule has 1 saturated carbocycles. The maximum Gasteiger partial charge on any atom is 0 e. The van der Waals surface area contributed by atoms with Gasteiger partial charge < -0.3 is 19.3 Å². The third-order valence-electron chi connectivity index (χ3n) is 2.11. The maximum absolute atomic E-state index is 2.40. The summed E-state index contributed by atoms with van der Waals surface area (Å²) in [6.07, 6.45) is 7.31. The van der Waals surface area contributed by atoms with Crippen molar-refractivity contribution in [2.45, 2.75) is 40.5 Å². The van der Waals surface area contributed by atoms with Gasteiger partial charge in [0.15, 0.2) is 0 Å².